The fraction of sp³-hybridized carbons (Fsp3) is 0.870. The molecular weight excluding hydrogens is 336 g/mol. The molecule has 4 heteroatoms. The number of hydrogen-bond donors (Lipinski definition) is 1. The third-order valence-corrected chi connectivity index (χ3v) is 7.32. The second-order valence-electron chi connectivity index (χ2n) is 9.97. The molecule has 2 fully saturated rings. The molecule has 0 aromatic carbocycles. The van der Waals surface area contributed by atoms with Crippen LogP contribution in [-0.4, -0.2) is 48.7 Å². The van der Waals surface area contributed by atoms with Crippen LogP contribution in [0.2, 0.25) is 0 Å². The monoisotopic (exact) mass is 376 g/mol. The zero-order valence-corrected chi connectivity index (χ0v) is 18.3. The van der Waals surface area contributed by atoms with Crippen LogP contribution < -0.4 is 5.32 Å². The Bertz CT molecular complexity index is 563. The maximum atomic E-state index is 12.6. The topological polar surface area (TPSA) is 41.6 Å². The Hall–Kier alpha value is -0.870. The summed E-state index contributed by atoms with van der Waals surface area (Å²) < 4.78 is 5.85. The minimum atomic E-state index is -0.0206. The number of allylic oxidation sites excluding steroid dienone is 1. The summed E-state index contributed by atoms with van der Waals surface area (Å²) in [7, 11) is 0. The highest BCUT2D eigenvalue weighted by atomic mass is 16.6. The summed E-state index contributed by atoms with van der Waals surface area (Å²) in [6, 6.07) is 1.09. The fourth-order valence-corrected chi connectivity index (χ4v) is 5.86. The second kappa shape index (κ2) is 8.24. The summed E-state index contributed by atoms with van der Waals surface area (Å²) in [4.78, 5) is 15.1. The van der Waals surface area contributed by atoms with E-state index in [1.807, 2.05) is 0 Å². The third kappa shape index (κ3) is 4.27. The van der Waals surface area contributed by atoms with Crippen molar-refractivity contribution in [2.24, 2.45) is 23.2 Å². The van der Waals surface area contributed by atoms with Gasteiger partial charge in [0.25, 0.3) is 0 Å². The molecule has 5 atom stereocenters. The van der Waals surface area contributed by atoms with E-state index in [1.165, 1.54) is 19.3 Å². The number of carbonyl (C=O) groups excluding carboxylic acids is 1. The number of esters is 1. The highest BCUT2D eigenvalue weighted by Crippen LogP contribution is 2.53. The molecule has 2 aliphatic carbocycles. The van der Waals surface area contributed by atoms with Gasteiger partial charge in [-0.15, -0.1) is 0 Å². The molecular formula is C23H40N2O2. The standard InChI is InChI=1S/C23H40N2O2/c1-15(2)25(16(3)4)11-10-24-14-19-18-12-20-17(5)8-7-9-23(20,6)13-21(18)27-22(19)26/h12,15-19,21,24H,7-11,13-14H2,1-6H3/t17-,18+,19+,21+,23+/m0/s1. The molecule has 0 radical (unpaired) electrons. The first-order valence-corrected chi connectivity index (χ1v) is 11.1. The average molecular weight is 377 g/mol. The SMILES string of the molecule is CC(C)N(CCNC[C@H]1C(=O)O[C@@H]2C[C@@]3(C)CCC[C@H](C)C3=C[C@@H]21)C(C)C. The van der Waals surface area contributed by atoms with Crippen LogP contribution in [0.5, 0.6) is 0 Å². The first kappa shape index (κ1) is 20.9. The Labute approximate surface area is 166 Å². The van der Waals surface area contributed by atoms with Gasteiger partial charge in [-0.1, -0.05) is 31.9 Å². The van der Waals surface area contributed by atoms with Crippen molar-refractivity contribution in [3.63, 3.8) is 0 Å². The summed E-state index contributed by atoms with van der Waals surface area (Å²) in [5, 5.41) is 3.55. The maximum Gasteiger partial charge on any atom is 0.311 e. The van der Waals surface area contributed by atoms with E-state index in [0.717, 1.165) is 26.1 Å². The van der Waals surface area contributed by atoms with Gasteiger partial charge in [0.05, 0.1) is 5.92 Å². The van der Waals surface area contributed by atoms with Crippen molar-refractivity contribution in [2.75, 3.05) is 19.6 Å². The van der Waals surface area contributed by atoms with Gasteiger partial charge in [-0.2, -0.15) is 0 Å². The lowest BCUT2D eigenvalue weighted by atomic mass is 9.59. The molecule has 0 amide bonds. The van der Waals surface area contributed by atoms with E-state index in [4.69, 9.17) is 4.74 Å². The van der Waals surface area contributed by atoms with Crippen molar-refractivity contribution < 1.29 is 9.53 Å². The Morgan fingerprint density at radius 1 is 1.30 bits per heavy atom. The van der Waals surface area contributed by atoms with Crippen molar-refractivity contribution >= 4 is 5.97 Å². The number of nitrogens with one attached hydrogen (secondary N) is 1. The summed E-state index contributed by atoms with van der Waals surface area (Å²) in [6.45, 7) is 16.4. The maximum absolute atomic E-state index is 12.6. The zero-order valence-electron chi connectivity index (χ0n) is 18.3. The number of hydrogen-bond acceptors (Lipinski definition) is 4. The van der Waals surface area contributed by atoms with Crippen LogP contribution in [0.3, 0.4) is 0 Å². The molecule has 4 nitrogen and oxygen atoms in total. The number of ether oxygens (including phenoxy) is 1. The minimum absolute atomic E-state index is 0.00817. The largest absolute Gasteiger partial charge is 0.461 e. The first-order valence-electron chi connectivity index (χ1n) is 11.1. The van der Waals surface area contributed by atoms with Crippen LogP contribution in [0.1, 0.15) is 67.2 Å². The summed E-state index contributed by atoms with van der Waals surface area (Å²) >= 11 is 0. The first-order chi connectivity index (χ1) is 12.7. The molecule has 154 valence electrons. The highest BCUT2D eigenvalue weighted by Gasteiger charge is 2.51. The lowest BCUT2D eigenvalue weighted by Gasteiger charge is -2.46. The van der Waals surface area contributed by atoms with Gasteiger partial charge in [-0.25, -0.2) is 0 Å². The van der Waals surface area contributed by atoms with Gasteiger partial charge in [0.1, 0.15) is 6.10 Å². The fourth-order valence-electron chi connectivity index (χ4n) is 5.86. The summed E-state index contributed by atoms with van der Waals surface area (Å²) in [6.07, 6.45) is 7.39. The molecule has 1 heterocycles. The van der Waals surface area contributed by atoms with E-state index in [-0.39, 0.29) is 29.3 Å². The third-order valence-electron chi connectivity index (χ3n) is 7.32. The van der Waals surface area contributed by atoms with Crippen LogP contribution in [0.15, 0.2) is 11.6 Å². The molecule has 0 bridgehead atoms. The van der Waals surface area contributed by atoms with Crippen molar-refractivity contribution in [3.05, 3.63) is 11.6 Å². The van der Waals surface area contributed by atoms with Gasteiger partial charge in [-0.05, 0) is 58.3 Å². The van der Waals surface area contributed by atoms with Gasteiger partial charge in [-0.3, -0.25) is 9.69 Å². The summed E-state index contributed by atoms with van der Waals surface area (Å²) in [5.41, 5.74) is 1.85. The molecule has 3 aliphatic rings. The van der Waals surface area contributed by atoms with E-state index in [0.29, 0.717) is 18.0 Å². The van der Waals surface area contributed by atoms with E-state index in [1.54, 1.807) is 5.57 Å². The second-order valence-corrected chi connectivity index (χ2v) is 9.97. The highest BCUT2D eigenvalue weighted by molar-refractivity contribution is 5.76. The van der Waals surface area contributed by atoms with Crippen LogP contribution >= 0.6 is 0 Å². The number of nitrogens with zero attached hydrogens (tertiary/aromatic N) is 1. The zero-order chi connectivity index (χ0) is 19.8. The summed E-state index contributed by atoms with van der Waals surface area (Å²) in [5.74, 6) is 0.904. The molecule has 3 rings (SSSR count). The molecule has 0 spiro atoms. The lowest BCUT2D eigenvalue weighted by molar-refractivity contribution is -0.145. The van der Waals surface area contributed by atoms with Crippen LogP contribution in [-0.2, 0) is 9.53 Å². The van der Waals surface area contributed by atoms with E-state index in [9.17, 15) is 4.79 Å². The molecule has 27 heavy (non-hydrogen) atoms. The van der Waals surface area contributed by atoms with Gasteiger partial charge >= 0.3 is 5.97 Å². The Balaban J connectivity index is 1.61. The molecule has 0 aromatic heterocycles. The molecule has 0 aromatic rings. The predicted octanol–water partition coefficient (Wildman–Crippen LogP) is 4.01. The molecule has 1 N–H and O–H groups in total. The van der Waals surface area contributed by atoms with E-state index >= 15 is 0 Å². The Morgan fingerprint density at radius 2 is 2.00 bits per heavy atom. The lowest BCUT2D eigenvalue weighted by Crippen LogP contribution is -2.43. The van der Waals surface area contributed by atoms with E-state index in [2.05, 4.69) is 57.8 Å². The number of carbonyl (C=O) groups is 1. The normalized spacial score (nSPS) is 36.0. The molecule has 1 saturated heterocycles. The molecule has 1 aliphatic heterocycles. The van der Waals surface area contributed by atoms with Crippen molar-refractivity contribution in [3.8, 4) is 0 Å². The molecule has 0 unspecified atom stereocenters. The van der Waals surface area contributed by atoms with Crippen LogP contribution in [0.4, 0.5) is 0 Å². The minimum Gasteiger partial charge on any atom is -0.461 e. The smallest absolute Gasteiger partial charge is 0.311 e. The average Bonchev–Trinajstić information content (AvgIpc) is 2.86. The Kier molecular flexibility index (Phi) is 6.37. The van der Waals surface area contributed by atoms with Crippen LogP contribution in [0.25, 0.3) is 0 Å². The number of rotatable bonds is 7. The predicted molar refractivity (Wildman–Crippen MR) is 111 cm³/mol. The van der Waals surface area contributed by atoms with Gasteiger partial charge < -0.3 is 10.1 Å². The van der Waals surface area contributed by atoms with Crippen molar-refractivity contribution in [1.29, 1.82) is 0 Å². The van der Waals surface area contributed by atoms with Gasteiger partial charge in [0.2, 0.25) is 0 Å². The van der Waals surface area contributed by atoms with E-state index < -0.39 is 0 Å². The Morgan fingerprint density at radius 3 is 2.67 bits per heavy atom. The molecule has 1 saturated carbocycles. The van der Waals surface area contributed by atoms with Crippen molar-refractivity contribution in [1.82, 2.24) is 10.2 Å². The number of fused-ring (bicyclic) bond motifs is 2. The van der Waals surface area contributed by atoms with Crippen LogP contribution in [0, 0.1) is 23.2 Å². The quantitative estimate of drug-likeness (QED) is 0.414. The van der Waals surface area contributed by atoms with Gasteiger partial charge in [0.15, 0.2) is 0 Å². The van der Waals surface area contributed by atoms with Crippen molar-refractivity contribution in [2.45, 2.75) is 85.4 Å². The van der Waals surface area contributed by atoms with Gasteiger partial charge in [0, 0.05) is 37.6 Å².